The Balaban J connectivity index is 1.99. The maximum Gasteiger partial charge on any atom is 0.0661 e. The molecule has 100 valence electrons. The summed E-state index contributed by atoms with van der Waals surface area (Å²) >= 11 is 15.4. The fourth-order valence-electron chi connectivity index (χ4n) is 1.91. The first-order chi connectivity index (χ1) is 9.63. The number of halogens is 3. The molecule has 0 saturated heterocycles. The quantitative estimate of drug-likeness (QED) is 0.575. The Hall–Kier alpha value is -1.29. The number of aromatic nitrogens is 2. The average molecular weight is 368 g/mol. The molecule has 0 fully saturated rings. The molecule has 2 nitrogen and oxygen atoms in total. The molecule has 1 aromatic heterocycles. The molecule has 5 heteroatoms. The molecule has 0 spiro atoms. The van der Waals surface area contributed by atoms with E-state index in [-0.39, 0.29) is 0 Å². The minimum absolute atomic E-state index is 0.517. The second-order valence-electron chi connectivity index (χ2n) is 4.28. The van der Waals surface area contributed by atoms with Gasteiger partial charge in [0.05, 0.1) is 21.9 Å². The molecular formula is C15H9BrCl2N2. The number of nitrogens with zero attached hydrogens (tertiary/aromatic N) is 2. The average Bonchev–Trinajstić information content (AvgIpc) is 2.92. The number of benzene rings is 2. The molecule has 0 aliphatic heterocycles. The Morgan fingerprint density at radius 1 is 0.950 bits per heavy atom. The van der Waals surface area contributed by atoms with Crippen LogP contribution in [0.5, 0.6) is 0 Å². The Bertz CT molecular complexity index is 768. The Morgan fingerprint density at radius 3 is 2.55 bits per heavy atom. The largest absolute Gasteiger partial charge is 0.240 e. The maximum atomic E-state index is 6.03. The van der Waals surface area contributed by atoms with Gasteiger partial charge in [-0.05, 0) is 35.9 Å². The zero-order valence-corrected chi connectivity index (χ0v) is 13.3. The lowest BCUT2D eigenvalue weighted by Gasteiger charge is -2.03. The molecule has 3 aromatic rings. The lowest BCUT2D eigenvalue weighted by molar-refractivity contribution is 0.881. The van der Waals surface area contributed by atoms with E-state index < -0.39 is 0 Å². The molecule has 0 atom stereocenters. The highest BCUT2D eigenvalue weighted by Crippen LogP contribution is 2.26. The van der Waals surface area contributed by atoms with Crippen LogP contribution in [-0.2, 0) is 0 Å². The number of rotatable bonds is 2. The Labute approximate surface area is 135 Å². The third-order valence-corrected chi connectivity index (χ3v) is 4.14. The van der Waals surface area contributed by atoms with Crippen LogP contribution in [0.15, 0.2) is 59.3 Å². The standard InChI is InChI=1S/C15H9BrCl2N2/c16-12-3-1-2-10(6-12)11-8-19-20(9-11)13-4-5-14(17)15(18)7-13/h1-9H. The number of hydrogen-bond acceptors (Lipinski definition) is 1. The minimum Gasteiger partial charge on any atom is -0.240 e. The fourth-order valence-corrected chi connectivity index (χ4v) is 2.60. The second-order valence-corrected chi connectivity index (χ2v) is 6.01. The van der Waals surface area contributed by atoms with E-state index in [1.807, 2.05) is 36.7 Å². The summed E-state index contributed by atoms with van der Waals surface area (Å²) in [7, 11) is 0. The monoisotopic (exact) mass is 366 g/mol. The maximum absolute atomic E-state index is 6.03. The highest BCUT2D eigenvalue weighted by molar-refractivity contribution is 9.10. The smallest absolute Gasteiger partial charge is 0.0661 e. The fraction of sp³-hybridized carbons (Fsp3) is 0. The van der Waals surface area contributed by atoms with Crippen molar-refractivity contribution in [2.24, 2.45) is 0 Å². The SMILES string of the molecule is Clc1ccc(-n2cc(-c3cccc(Br)c3)cn2)cc1Cl. The van der Waals surface area contributed by atoms with E-state index in [2.05, 4.69) is 27.1 Å². The molecule has 0 radical (unpaired) electrons. The first kappa shape index (κ1) is 13.7. The van der Waals surface area contributed by atoms with E-state index >= 15 is 0 Å². The van der Waals surface area contributed by atoms with Gasteiger partial charge in [-0.3, -0.25) is 0 Å². The van der Waals surface area contributed by atoms with Crippen molar-refractivity contribution >= 4 is 39.1 Å². The van der Waals surface area contributed by atoms with Crippen LogP contribution >= 0.6 is 39.1 Å². The Kier molecular flexibility index (Phi) is 3.83. The molecule has 0 unspecified atom stereocenters. The zero-order valence-electron chi connectivity index (χ0n) is 10.2. The Morgan fingerprint density at radius 2 is 1.80 bits per heavy atom. The topological polar surface area (TPSA) is 17.8 Å². The lowest BCUT2D eigenvalue weighted by Crippen LogP contribution is -1.93. The molecular weight excluding hydrogens is 359 g/mol. The first-order valence-electron chi connectivity index (χ1n) is 5.89. The van der Waals surface area contributed by atoms with Crippen molar-refractivity contribution in [3.05, 3.63) is 69.4 Å². The van der Waals surface area contributed by atoms with E-state index in [1.54, 1.807) is 16.8 Å². The lowest BCUT2D eigenvalue weighted by atomic mass is 10.1. The third-order valence-electron chi connectivity index (χ3n) is 2.91. The van der Waals surface area contributed by atoms with E-state index in [4.69, 9.17) is 23.2 Å². The van der Waals surface area contributed by atoms with Gasteiger partial charge in [0, 0.05) is 16.2 Å². The van der Waals surface area contributed by atoms with Gasteiger partial charge in [-0.25, -0.2) is 4.68 Å². The van der Waals surface area contributed by atoms with Crippen molar-refractivity contribution in [1.82, 2.24) is 9.78 Å². The van der Waals surface area contributed by atoms with Crippen LogP contribution in [0.2, 0.25) is 10.0 Å². The highest BCUT2D eigenvalue weighted by atomic mass is 79.9. The summed E-state index contributed by atoms with van der Waals surface area (Å²) in [5.41, 5.74) is 3.02. The highest BCUT2D eigenvalue weighted by Gasteiger charge is 2.05. The predicted octanol–water partition coefficient (Wildman–Crippen LogP) is 5.61. The van der Waals surface area contributed by atoms with E-state index in [1.165, 1.54) is 0 Å². The molecule has 0 bridgehead atoms. The van der Waals surface area contributed by atoms with Gasteiger partial charge in [-0.1, -0.05) is 51.3 Å². The summed E-state index contributed by atoms with van der Waals surface area (Å²) in [5, 5.41) is 5.42. The van der Waals surface area contributed by atoms with Crippen LogP contribution in [0.4, 0.5) is 0 Å². The summed E-state index contributed by atoms with van der Waals surface area (Å²) in [5.74, 6) is 0. The number of hydrogen-bond donors (Lipinski definition) is 0. The molecule has 0 aliphatic rings. The van der Waals surface area contributed by atoms with Crippen LogP contribution in [0.3, 0.4) is 0 Å². The van der Waals surface area contributed by atoms with Crippen molar-refractivity contribution in [3.63, 3.8) is 0 Å². The van der Waals surface area contributed by atoms with Crippen molar-refractivity contribution < 1.29 is 0 Å². The van der Waals surface area contributed by atoms with Crippen molar-refractivity contribution in [2.75, 3.05) is 0 Å². The molecule has 2 aromatic carbocycles. The van der Waals surface area contributed by atoms with Gasteiger partial charge in [0.15, 0.2) is 0 Å². The molecule has 20 heavy (non-hydrogen) atoms. The summed E-state index contributed by atoms with van der Waals surface area (Å²) in [6.45, 7) is 0. The van der Waals surface area contributed by atoms with Crippen LogP contribution in [0.1, 0.15) is 0 Å². The van der Waals surface area contributed by atoms with Crippen LogP contribution in [0, 0.1) is 0 Å². The summed E-state index contributed by atoms with van der Waals surface area (Å²) < 4.78 is 2.82. The molecule has 3 rings (SSSR count). The van der Waals surface area contributed by atoms with Gasteiger partial charge in [-0.15, -0.1) is 0 Å². The summed E-state index contributed by atoms with van der Waals surface area (Å²) in [6.07, 6.45) is 3.78. The molecule has 0 saturated carbocycles. The summed E-state index contributed by atoms with van der Waals surface area (Å²) in [6, 6.07) is 13.5. The van der Waals surface area contributed by atoms with Crippen molar-refractivity contribution in [3.8, 4) is 16.8 Å². The van der Waals surface area contributed by atoms with Crippen molar-refractivity contribution in [2.45, 2.75) is 0 Å². The first-order valence-corrected chi connectivity index (χ1v) is 7.44. The van der Waals surface area contributed by atoms with Crippen LogP contribution in [0.25, 0.3) is 16.8 Å². The third kappa shape index (κ3) is 2.75. The van der Waals surface area contributed by atoms with Gasteiger partial charge in [0.25, 0.3) is 0 Å². The van der Waals surface area contributed by atoms with E-state index in [0.717, 1.165) is 21.3 Å². The predicted molar refractivity (Wildman–Crippen MR) is 86.7 cm³/mol. The van der Waals surface area contributed by atoms with Crippen LogP contribution < -0.4 is 0 Å². The van der Waals surface area contributed by atoms with Gasteiger partial charge < -0.3 is 0 Å². The minimum atomic E-state index is 0.517. The molecule has 0 N–H and O–H groups in total. The zero-order chi connectivity index (χ0) is 14.1. The molecule has 0 amide bonds. The normalized spacial score (nSPS) is 10.8. The second kappa shape index (κ2) is 5.60. The molecule has 0 aliphatic carbocycles. The van der Waals surface area contributed by atoms with Gasteiger partial charge in [0.1, 0.15) is 0 Å². The van der Waals surface area contributed by atoms with E-state index in [9.17, 15) is 0 Å². The van der Waals surface area contributed by atoms with Gasteiger partial charge in [0.2, 0.25) is 0 Å². The van der Waals surface area contributed by atoms with Gasteiger partial charge >= 0.3 is 0 Å². The van der Waals surface area contributed by atoms with Crippen molar-refractivity contribution in [1.29, 1.82) is 0 Å². The summed E-state index contributed by atoms with van der Waals surface area (Å²) in [4.78, 5) is 0. The van der Waals surface area contributed by atoms with Crippen LogP contribution in [-0.4, -0.2) is 9.78 Å². The molecule has 1 heterocycles. The van der Waals surface area contributed by atoms with E-state index in [0.29, 0.717) is 10.0 Å². The van der Waals surface area contributed by atoms with Gasteiger partial charge in [-0.2, -0.15) is 5.10 Å².